The number of para-hydroxylation sites is 1. The van der Waals surface area contributed by atoms with Gasteiger partial charge in [0.1, 0.15) is 23.9 Å². The first-order valence-corrected chi connectivity index (χ1v) is 14.7. The first kappa shape index (κ1) is 27.4. The van der Waals surface area contributed by atoms with E-state index in [2.05, 4.69) is 5.32 Å². The maximum absolute atomic E-state index is 13.9. The van der Waals surface area contributed by atoms with Gasteiger partial charge >= 0.3 is 0 Å². The van der Waals surface area contributed by atoms with Gasteiger partial charge in [-0.1, -0.05) is 66.2 Å². The van der Waals surface area contributed by atoms with Gasteiger partial charge in [-0.05, 0) is 37.3 Å². The van der Waals surface area contributed by atoms with E-state index in [4.69, 9.17) is 14.3 Å². The molecule has 0 saturated carbocycles. The molecule has 0 aliphatic carbocycles. The van der Waals surface area contributed by atoms with Crippen LogP contribution in [0.25, 0.3) is 16.9 Å². The quantitative estimate of drug-likeness (QED) is 0.245. The maximum Gasteiger partial charge on any atom is 0.240 e. The predicted octanol–water partition coefficient (Wildman–Crippen LogP) is 5.93. The van der Waals surface area contributed by atoms with Gasteiger partial charge in [0.15, 0.2) is 0 Å². The van der Waals surface area contributed by atoms with Crippen molar-refractivity contribution in [2.45, 2.75) is 18.7 Å². The van der Waals surface area contributed by atoms with Gasteiger partial charge in [-0.3, -0.25) is 14.5 Å². The zero-order valence-corrected chi connectivity index (χ0v) is 24.1. The van der Waals surface area contributed by atoms with Crippen LogP contribution in [0.2, 0.25) is 0 Å². The van der Waals surface area contributed by atoms with E-state index in [0.29, 0.717) is 11.6 Å². The summed E-state index contributed by atoms with van der Waals surface area (Å²) < 4.78 is 12.9. The lowest BCUT2D eigenvalue weighted by Crippen LogP contribution is -2.42. The topological polar surface area (TPSA) is 89.6 Å². The van der Waals surface area contributed by atoms with Crippen LogP contribution in [-0.4, -0.2) is 41.0 Å². The Labute approximate surface area is 248 Å². The Kier molecular flexibility index (Phi) is 7.83. The molecule has 3 aromatic carbocycles. The first-order chi connectivity index (χ1) is 20.5. The van der Waals surface area contributed by atoms with E-state index in [1.54, 1.807) is 35.1 Å². The van der Waals surface area contributed by atoms with Gasteiger partial charge < -0.3 is 14.5 Å². The molecule has 5 aromatic rings. The Morgan fingerprint density at radius 2 is 1.79 bits per heavy atom. The van der Waals surface area contributed by atoms with E-state index in [-0.39, 0.29) is 35.9 Å². The fourth-order valence-corrected chi connectivity index (χ4v) is 6.34. The Hall–Kier alpha value is -4.76. The van der Waals surface area contributed by atoms with Crippen molar-refractivity contribution in [2.24, 2.45) is 0 Å². The van der Waals surface area contributed by atoms with Crippen molar-refractivity contribution < 1.29 is 18.7 Å². The number of nitrogens with zero attached hydrogens (tertiary/aromatic N) is 3. The standard InChI is InChI=1S/C33H30N4O4S/c1-22-14-16-24(17-15-22)37-33-30(31(35-37)23-9-4-3-5-10-23)32(26-12-6-7-13-27(26)40-2)42-21-29(39)36(33)20-28(38)34-19-25-11-8-18-41-25/h3-18,32H,19-21H2,1-2H3,(H,34,38)/t32-/m1/s1. The molecule has 1 N–H and O–H groups in total. The van der Waals surface area contributed by atoms with Crippen molar-refractivity contribution in [3.8, 4) is 22.7 Å². The van der Waals surface area contributed by atoms with E-state index in [0.717, 1.165) is 39.4 Å². The second-order valence-electron chi connectivity index (χ2n) is 9.97. The van der Waals surface area contributed by atoms with Gasteiger partial charge in [0.2, 0.25) is 11.8 Å². The average molecular weight is 579 g/mol. The zero-order chi connectivity index (χ0) is 29.1. The summed E-state index contributed by atoms with van der Waals surface area (Å²) in [7, 11) is 1.65. The second-order valence-corrected chi connectivity index (χ2v) is 11.1. The largest absolute Gasteiger partial charge is 0.496 e. The third-order valence-corrected chi connectivity index (χ3v) is 8.41. The Balaban J connectivity index is 1.55. The number of fused-ring (bicyclic) bond motifs is 1. The van der Waals surface area contributed by atoms with Crippen molar-refractivity contribution in [1.82, 2.24) is 15.1 Å². The lowest BCUT2D eigenvalue weighted by molar-refractivity contribution is -0.123. The van der Waals surface area contributed by atoms with Gasteiger partial charge in [0.25, 0.3) is 0 Å². The van der Waals surface area contributed by atoms with Crippen LogP contribution in [0.15, 0.2) is 102 Å². The molecule has 6 rings (SSSR count). The van der Waals surface area contributed by atoms with Crippen LogP contribution >= 0.6 is 11.8 Å². The van der Waals surface area contributed by atoms with Crippen molar-refractivity contribution in [1.29, 1.82) is 0 Å². The normalized spacial score (nSPS) is 14.8. The number of thioether (sulfide) groups is 1. The number of anilines is 1. The number of carbonyl (C=O) groups is 2. The van der Waals surface area contributed by atoms with Crippen LogP contribution in [0, 0.1) is 6.92 Å². The SMILES string of the molecule is COc1ccccc1[C@H]1SCC(=O)N(CC(=O)NCc2ccco2)c2c1c(-c1ccccc1)nn2-c1ccc(C)cc1. The van der Waals surface area contributed by atoms with Gasteiger partial charge in [-0.15, -0.1) is 11.8 Å². The molecular formula is C33H30N4O4S. The number of nitrogens with one attached hydrogen (secondary N) is 1. The van der Waals surface area contributed by atoms with E-state index in [9.17, 15) is 9.59 Å². The summed E-state index contributed by atoms with van der Waals surface area (Å²) in [5, 5.41) is 7.74. The fourth-order valence-electron chi connectivity index (χ4n) is 5.12. The third-order valence-electron chi connectivity index (χ3n) is 7.18. The molecule has 0 bridgehead atoms. The molecule has 3 heterocycles. The minimum Gasteiger partial charge on any atom is -0.496 e. The number of aryl methyl sites for hydroxylation is 1. The summed E-state index contributed by atoms with van der Waals surface area (Å²) in [4.78, 5) is 28.8. The lowest BCUT2D eigenvalue weighted by atomic mass is 9.99. The van der Waals surface area contributed by atoms with Crippen LogP contribution in [0.1, 0.15) is 27.7 Å². The summed E-state index contributed by atoms with van der Waals surface area (Å²) in [6, 6.07) is 29.3. The summed E-state index contributed by atoms with van der Waals surface area (Å²) in [6.07, 6.45) is 1.56. The number of aromatic nitrogens is 2. The summed E-state index contributed by atoms with van der Waals surface area (Å²) in [5.41, 5.74) is 5.33. The molecular weight excluding hydrogens is 548 g/mol. The number of ether oxygens (including phenoxy) is 1. The number of benzene rings is 3. The van der Waals surface area contributed by atoms with Gasteiger partial charge in [-0.2, -0.15) is 5.10 Å². The van der Waals surface area contributed by atoms with E-state index in [1.165, 1.54) is 11.8 Å². The monoisotopic (exact) mass is 578 g/mol. The molecule has 2 amide bonds. The molecule has 1 atom stereocenters. The molecule has 2 aromatic heterocycles. The smallest absolute Gasteiger partial charge is 0.240 e. The van der Waals surface area contributed by atoms with Crippen LogP contribution in [0.5, 0.6) is 5.75 Å². The Bertz CT molecular complexity index is 1700. The van der Waals surface area contributed by atoms with Gasteiger partial charge in [0, 0.05) is 16.7 Å². The van der Waals surface area contributed by atoms with Crippen LogP contribution in [0.3, 0.4) is 0 Å². The predicted molar refractivity (Wildman–Crippen MR) is 164 cm³/mol. The number of carbonyl (C=O) groups excluding carboxylic acids is 2. The number of methoxy groups -OCH3 is 1. The molecule has 9 heteroatoms. The number of hydrogen-bond donors (Lipinski definition) is 1. The third kappa shape index (κ3) is 5.43. The second kappa shape index (κ2) is 12.0. The summed E-state index contributed by atoms with van der Waals surface area (Å²) >= 11 is 1.51. The minimum atomic E-state index is -0.302. The molecule has 0 fully saturated rings. The van der Waals surface area contributed by atoms with E-state index >= 15 is 0 Å². The maximum atomic E-state index is 13.9. The number of furan rings is 1. The minimum absolute atomic E-state index is 0.169. The first-order valence-electron chi connectivity index (χ1n) is 13.6. The highest BCUT2D eigenvalue weighted by atomic mass is 32.2. The van der Waals surface area contributed by atoms with Crippen molar-refractivity contribution >= 4 is 29.4 Å². The van der Waals surface area contributed by atoms with Crippen molar-refractivity contribution in [3.63, 3.8) is 0 Å². The van der Waals surface area contributed by atoms with Gasteiger partial charge in [-0.25, -0.2) is 4.68 Å². The van der Waals surface area contributed by atoms with Crippen LogP contribution < -0.4 is 15.0 Å². The molecule has 0 spiro atoms. The Morgan fingerprint density at radius 1 is 1.02 bits per heavy atom. The van der Waals surface area contributed by atoms with Gasteiger partial charge in [0.05, 0.1) is 42.3 Å². The summed E-state index contributed by atoms with van der Waals surface area (Å²) in [5.74, 6) is 1.61. The lowest BCUT2D eigenvalue weighted by Gasteiger charge is -2.23. The molecule has 0 unspecified atom stereocenters. The highest BCUT2D eigenvalue weighted by Gasteiger charge is 2.38. The van der Waals surface area contributed by atoms with E-state index in [1.807, 2.05) is 85.8 Å². The molecule has 8 nitrogen and oxygen atoms in total. The van der Waals surface area contributed by atoms with Crippen molar-refractivity contribution in [2.75, 3.05) is 24.3 Å². The molecule has 212 valence electrons. The highest BCUT2D eigenvalue weighted by Crippen LogP contribution is 2.50. The highest BCUT2D eigenvalue weighted by molar-refractivity contribution is 8.00. The number of amides is 2. The Morgan fingerprint density at radius 3 is 2.52 bits per heavy atom. The average Bonchev–Trinajstić information content (AvgIpc) is 3.66. The number of rotatable bonds is 8. The van der Waals surface area contributed by atoms with Crippen LogP contribution in [0.4, 0.5) is 5.82 Å². The van der Waals surface area contributed by atoms with E-state index < -0.39 is 0 Å². The fraction of sp³-hybridized carbons (Fsp3) is 0.182. The molecule has 1 aliphatic rings. The van der Waals surface area contributed by atoms with Crippen LogP contribution in [-0.2, 0) is 16.1 Å². The molecule has 42 heavy (non-hydrogen) atoms. The van der Waals surface area contributed by atoms with Crippen molar-refractivity contribution in [3.05, 3.63) is 120 Å². The summed E-state index contributed by atoms with van der Waals surface area (Å²) in [6.45, 7) is 2.08. The number of hydrogen-bond acceptors (Lipinski definition) is 6. The molecule has 0 radical (unpaired) electrons. The molecule has 1 aliphatic heterocycles. The zero-order valence-electron chi connectivity index (χ0n) is 23.3. The molecule has 0 saturated heterocycles.